The van der Waals surface area contributed by atoms with Crippen LogP contribution < -0.4 is 10.6 Å². The Labute approximate surface area is 117 Å². The van der Waals surface area contributed by atoms with Crippen LogP contribution in [0.15, 0.2) is 18.2 Å². The van der Waals surface area contributed by atoms with E-state index in [0.29, 0.717) is 23.7 Å². The first-order chi connectivity index (χ1) is 9.08. The number of rotatable bonds is 4. The van der Waals surface area contributed by atoms with E-state index in [9.17, 15) is 0 Å². The highest BCUT2D eigenvalue weighted by Gasteiger charge is 2.34. The second kappa shape index (κ2) is 5.77. The minimum Gasteiger partial charge on any atom is -0.384 e. The summed E-state index contributed by atoms with van der Waals surface area (Å²) < 4.78 is 10.8. The molecule has 0 saturated carbocycles. The third-order valence-corrected chi connectivity index (χ3v) is 3.74. The van der Waals surface area contributed by atoms with Gasteiger partial charge in [0.25, 0.3) is 0 Å². The van der Waals surface area contributed by atoms with E-state index in [1.54, 1.807) is 20.3 Å². The molecule has 1 aromatic rings. The number of ether oxygens (including phenoxy) is 2. The fourth-order valence-corrected chi connectivity index (χ4v) is 2.71. The second-order valence-electron chi connectivity index (χ2n) is 4.50. The molecule has 1 aromatic carbocycles. The van der Waals surface area contributed by atoms with Crippen molar-refractivity contribution in [1.82, 2.24) is 0 Å². The van der Waals surface area contributed by atoms with Crippen molar-refractivity contribution in [3.63, 3.8) is 0 Å². The number of halogens is 1. The maximum atomic E-state index is 7.68. The molecular weight excluding hydrogens is 266 g/mol. The van der Waals surface area contributed by atoms with Crippen molar-refractivity contribution in [3.8, 4) is 0 Å². The van der Waals surface area contributed by atoms with Gasteiger partial charge in [-0.15, -0.1) is 0 Å². The van der Waals surface area contributed by atoms with E-state index in [1.165, 1.54) is 0 Å². The molecule has 1 heterocycles. The summed E-state index contributed by atoms with van der Waals surface area (Å²) >= 11 is 6.13. The van der Waals surface area contributed by atoms with Gasteiger partial charge in [0.1, 0.15) is 18.0 Å². The summed E-state index contributed by atoms with van der Waals surface area (Å²) in [5, 5.41) is 8.16. The minimum atomic E-state index is -0.0320. The lowest BCUT2D eigenvalue weighted by atomic mass is 10.1. The Balaban J connectivity index is 2.33. The summed E-state index contributed by atoms with van der Waals surface area (Å²) in [5.41, 5.74) is 7.04. The van der Waals surface area contributed by atoms with Gasteiger partial charge in [-0.1, -0.05) is 17.7 Å². The fraction of sp³-hybridized carbons (Fsp3) is 0.462. The zero-order valence-electron chi connectivity index (χ0n) is 11.0. The highest BCUT2D eigenvalue weighted by molar-refractivity contribution is 6.34. The summed E-state index contributed by atoms with van der Waals surface area (Å²) in [7, 11) is 3.34. The molecule has 0 spiro atoms. The van der Waals surface area contributed by atoms with Crippen LogP contribution >= 0.6 is 11.6 Å². The average Bonchev–Trinajstić information content (AvgIpc) is 2.81. The number of amidine groups is 1. The number of hydrogen-bond donors (Lipinski definition) is 2. The molecule has 1 fully saturated rings. The van der Waals surface area contributed by atoms with Gasteiger partial charge < -0.3 is 20.1 Å². The van der Waals surface area contributed by atoms with E-state index in [0.717, 1.165) is 5.69 Å². The number of methoxy groups -OCH3 is 2. The zero-order chi connectivity index (χ0) is 14.0. The van der Waals surface area contributed by atoms with Crippen molar-refractivity contribution in [2.75, 3.05) is 32.2 Å². The summed E-state index contributed by atoms with van der Waals surface area (Å²) in [6.07, 6.45) is 0.00702. The molecule has 0 aliphatic carbocycles. The maximum absolute atomic E-state index is 7.68. The van der Waals surface area contributed by atoms with Gasteiger partial charge in [0.05, 0.1) is 10.6 Å². The van der Waals surface area contributed by atoms with Gasteiger partial charge in [-0.05, 0) is 12.1 Å². The monoisotopic (exact) mass is 283 g/mol. The first-order valence-corrected chi connectivity index (χ1v) is 6.39. The van der Waals surface area contributed by atoms with Gasteiger partial charge in [-0.25, -0.2) is 0 Å². The van der Waals surface area contributed by atoms with Crippen LogP contribution in [0.3, 0.4) is 0 Å². The lowest BCUT2D eigenvalue weighted by Gasteiger charge is -2.22. The van der Waals surface area contributed by atoms with Crippen molar-refractivity contribution < 1.29 is 9.47 Å². The SMILES string of the molecule is COC1CN(c2cccc(Cl)c2C(=N)N)CC1OC. The Bertz CT molecular complexity index is 469. The smallest absolute Gasteiger partial charge is 0.126 e. The number of nitrogens with one attached hydrogen (secondary N) is 1. The number of benzene rings is 1. The Morgan fingerprint density at radius 1 is 1.32 bits per heavy atom. The van der Waals surface area contributed by atoms with Crippen LogP contribution in [0.2, 0.25) is 5.02 Å². The van der Waals surface area contributed by atoms with E-state index in [-0.39, 0.29) is 18.0 Å². The van der Waals surface area contributed by atoms with Crippen molar-refractivity contribution in [2.45, 2.75) is 12.2 Å². The first kappa shape index (κ1) is 14.1. The van der Waals surface area contributed by atoms with E-state index in [2.05, 4.69) is 4.90 Å². The fourth-order valence-electron chi connectivity index (χ4n) is 2.44. The van der Waals surface area contributed by atoms with Crippen LogP contribution in [-0.4, -0.2) is 45.4 Å². The largest absolute Gasteiger partial charge is 0.384 e. The summed E-state index contributed by atoms with van der Waals surface area (Å²) in [6, 6.07) is 5.50. The molecule has 0 amide bonds. The number of anilines is 1. The van der Waals surface area contributed by atoms with E-state index in [4.69, 9.17) is 32.2 Å². The van der Waals surface area contributed by atoms with Gasteiger partial charge in [0, 0.05) is 33.0 Å². The number of nitrogens with two attached hydrogens (primary N) is 1. The maximum Gasteiger partial charge on any atom is 0.126 e. The molecule has 0 radical (unpaired) electrons. The zero-order valence-corrected chi connectivity index (χ0v) is 11.8. The molecule has 2 atom stereocenters. The topological polar surface area (TPSA) is 71.6 Å². The number of nitrogens with zero attached hydrogens (tertiary/aromatic N) is 1. The van der Waals surface area contributed by atoms with Gasteiger partial charge in [0.2, 0.25) is 0 Å². The predicted molar refractivity (Wildman–Crippen MR) is 76.3 cm³/mol. The molecule has 6 heteroatoms. The van der Waals surface area contributed by atoms with Gasteiger partial charge >= 0.3 is 0 Å². The quantitative estimate of drug-likeness (QED) is 0.648. The second-order valence-corrected chi connectivity index (χ2v) is 4.91. The standard InChI is InChI=1S/C13H18ClN3O2/c1-18-10-6-17(7-11(10)19-2)9-5-3-4-8(14)12(9)13(15)16/h3-5,10-11H,6-7H2,1-2H3,(H3,15,16). The average molecular weight is 284 g/mol. The Morgan fingerprint density at radius 3 is 2.37 bits per heavy atom. The molecule has 2 unspecified atom stereocenters. The summed E-state index contributed by atoms with van der Waals surface area (Å²) in [5.74, 6) is -0.0320. The number of hydrogen-bond acceptors (Lipinski definition) is 4. The van der Waals surface area contributed by atoms with Crippen LogP contribution in [0, 0.1) is 5.41 Å². The molecule has 1 aliphatic heterocycles. The lowest BCUT2D eigenvalue weighted by Crippen LogP contribution is -2.27. The van der Waals surface area contributed by atoms with Gasteiger partial charge in [-0.2, -0.15) is 0 Å². The van der Waals surface area contributed by atoms with Gasteiger partial charge in [-0.3, -0.25) is 5.41 Å². The third kappa shape index (κ3) is 2.68. The molecule has 2 rings (SSSR count). The molecule has 0 aromatic heterocycles. The van der Waals surface area contributed by atoms with Crippen molar-refractivity contribution in [2.24, 2.45) is 5.73 Å². The van der Waals surface area contributed by atoms with E-state index < -0.39 is 0 Å². The van der Waals surface area contributed by atoms with Gasteiger partial charge in [0.15, 0.2) is 0 Å². The van der Waals surface area contributed by atoms with Crippen LogP contribution in [0.5, 0.6) is 0 Å². The highest BCUT2D eigenvalue weighted by atomic mass is 35.5. The Morgan fingerprint density at radius 2 is 1.89 bits per heavy atom. The summed E-state index contributed by atoms with van der Waals surface area (Å²) in [4.78, 5) is 2.09. The van der Waals surface area contributed by atoms with Crippen LogP contribution in [0.25, 0.3) is 0 Å². The third-order valence-electron chi connectivity index (χ3n) is 3.42. The van der Waals surface area contributed by atoms with Crippen molar-refractivity contribution >= 4 is 23.1 Å². The molecular formula is C13H18ClN3O2. The van der Waals surface area contributed by atoms with Crippen molar-refractivity contribution in [3.05, 3.63) is 28.8 Å². The minimum absolute atomic E-state index is 0.00351. The summed E-state index contributed by atoms with van der Waals surface area (Å²) in [6.45, 7) is 1.38. The molecule has 19 heavy (non-hydrogen) atoms. The van der Waals surface area contributed by atoms with Crippen molar-refractivity contribution in [1.29, 1.82) is 5.41 Å². The molecule has 1 saturated heterocycles. The number of nitrogen functional groups attached to an aromatic ring is 1. The van der Waals surface area contributed by atoms with E-state index in [1.807, 2.05) is 12.1 Å². The van der Waals surface area contributed by atoms with Crippen LogP contribution in [0.1, 0.15) is 5.56 Å². The molecule has 5 nitrogen and oxygen atoms in total. The Hall–Kier alpha value is -1.30. The molecule has 0 bridgehead atoms. The normalized spacial score (nSPS) is 22.8. The first-order valence-electron chi connectivity index (χ1n) is 6.02. The molecule has 1 aliphatic rings. The Kier molecular flexibility index (Phi) is 4.29. The predicted octanol–water partition coefficient (Wildman–Crippen LogP) is 1.47. The molecule has 3 N–H and O–H groups in total. The lowest BCUT2D eigenvalue weighted by molar-refractivity contribution is -0.00461. The van der Waals surface area contributed by atoms with Crippen LogP contribution in [0.4, 0.5) is 5.69 Å². The van der Waals surface area contributed by atoms with Crippen LogP contribution in [-0.2, 0) is 9.47 Å². The van der Waals surface area contributed by atoms with E-state index >= 15 is 0 Å². The molecule has 104 valence electrons. The highest BCUT2D eigenvalue weighted by Crippen LogP contribution is 2.30.